The van der Waals surface area contributed by atoms with Crippen LogP contribution in [-0.4, -0.2) is 29.9 Å². The average Bonchev–Trinajstić information content (AvgIpc) is 2.48. The minimum absolute atomic E-state index is 0. The van der Waals surface area contributed by atoms with Gasteiger partial charge in [-0.25, -0.2) is 0 Å². The standard InChI is InChI=1S/C17H26N2O.ClH/c1-2-6-16(18)17(20)19-11-9-15(10-12-19)13-14-7-4-3-5-8-14;/h3-5,7-8,15-16H,2,6,9-13,18H2,1H3;1H. The molecule has 0 aromatic heterocycles. The van der Waals surface area contributed by atoms with E-state index in [4.69, 9.17) is 5.73 Å². The van der Waals surface area contributed by atoms with Gasteiger partial charge in [0.2, 0.25) is 5.91 Å². The van der Waals surface area contributed by atoms with E-state index < -0.39 is 0 Å². The van der Waals surface area contributed by atoms with Crippen LogP contribution in [0.15, 0.2) is 30.3 Å². The van der Waals surface area contributed by atoms with Crippen molar-refractivity contribution in [1.29, 1.82) is 0 Å². The highest BCUT2D eigenvalue weighted by Gasteiger charge is 2.25. The van der Waals surface area contributed by atoms with E-state index in [1.807, 2.05) is 4.90 Å². The van der Waals surface area contributed by atoms with Gasteiger partial charge in [-0.2, -0.15) is 0 Å². The minimum Gasteiger partial charge on any atom is -0.341 e. The number of likely N-dealkylation sites (tertiary alicyclic amines) is 1. The van der Waals surface area contributed by atoms with Crippen LogP contribution in [0.5, 0.6) is 0 Å². The maximum Gasteiger partial charge on any atom is 0.239 e. The first-order chi connectivity index (χ1) is 9.70. The zero-order chi connectivity index (χ0) is 14.4. The summed E-state index contributed by atoms with van der Waals surface area (Å²) in [6.45, 7) is 3.81. The number of carbonyl (C=O) groups excluding carboxylic acids is 1. The SMILES string of the molecule is CCCC(N)C(=O)N1CCC(Cc2ccccc2)CC1.Cl. The molecule has 0 spiro atoms. The normalized spacial score (nSPS) is 17.1. The molecular formula is C17H27ClN2O. The number of benzene rings is 1. The Kier molecular flexibility index (Phi) is 7.76. The number of nitrogens with zero attached hydrogens (tertiary/aromatic N) is 1. The number of hydrogen-bond acceptors (Lipinski definition) is 2. The smallest absolute Gasteiger partial charge is 0.239 e. The number of amides is 1. The van der Waals surface area contributed by atoms with Crippen molar-refractivity contribution in [3.63, 3.8) is 0 Å². The lowest BCUT2D eigenvalue weighted by Gasteiger charge is -2.33. The fourth-order valence-electron chi connectivity index (χ4n) is 2.97. The van der Waals surface area contributed by atoms with E-state index in [0.717, 1.165) is 45.2 Å². The molecule has 1 aliphatic heterocycles. The first kappa shape index (κ1) is 18.0. The Bertz CT molecular complexity index is 416. The molecule has 3 nitrogen and oxygen atoms in total. The molecular weight excluding hydrogens is 284 g/mol. The van der Waals surface area contributed by atoms with E-state index in [2.05, 4.69) is 37.3 Å². The van der Waals surface area contributed by atoms with Crippen LogP contribution in [0.1, 0.15) is 38.2 Å². The molecule has 118 valence electrons. The molecule has 2 rings (SSSR count). The van der Waals surface area contributed by atoms with E-state index in [1.165, 1.54) is 5.56 Å². The highest BCUT2D eigenvalue weighted by molar-refractivity contribution is 5.85. The highest BCUT2D eigenvalue weighted by Crippen LogP contribution is 2.22. The summed E-state index contributed by atoms with van der Waals surface area (Å²) < 4.78 is 0. The number of rotatable bonds is 5. The van der Waals surface area contributed by atoms with Gasteiger partial charge in [0.15, 0.2) is 0 Å². The van der Waals surface area contributed by atoms with E-state index in [-0.39, 0.29) is 24.4 Å². The number of hydrogen-bond donors (Lipinski definition) is 1. The van der Waals surface area contributed by atoms with Gasteiger partial charge in [-0.3, -0.25) is 4.79 Å². The van der Waals surface area contributed by atoms with Crippen LogP contribution in [0.2, 0.25) is 0 Å². The maximum absolute atomic E-state index is 12.2. The Labute approximate surface area is 134 Å². The van der Waals surface area contributed by atoms with Gasteiger partial charge in [0, 0.05) is 13.1 Å². The second kappa shape index (κ2) is 9.06. The zero-order valence-electron chi connectivity index (χ0n) is 12.8. The van der Waals surface area contributed by atoms with Crippen LogP contribution >= 0.6 is 12.4 Å². The van der Waals surface area contributed by atoms with E-state index in [9.17, 15) is 4.79 Å². The van der Waals surface area contributed by atoms with E-state index in [1.54, 1.807) is 0 Å². The Morgan fingerprint density at radius 2 is 1.90 bits per heavy atom. The number of halogens is 1. The van der Waals surface area contributed by atoms with Gasteiger partial charge in [0.25, 0.3) is 0 Å². The molecule has 1 aliphatic rings. The van der Waals surface area contributed by atoms with Crippen molar-refractivity contribution in [2.45, 2.75) is 45.1 Å². The van der Waals surface area contributed by atoms with Crippen LogP contribution in [0.4, 0.5) is 0 Å². The van der Waals surface area contributed by atoms with Crippen LogP contribution in [0, 0.1) is 5.92 Å². The lowest BCUT2D eigenvalue weighted by Crippen LogP contribution is -2.47. The summed E-state index contributed by atoms with van der Waals surface area (Å²) in [5.41, 5.74) is 7.33. The van der Waals surface area contributed by atoms with Gasteiger partial charge in [0.05, 0.1) is 6.04 Å². The molecule has 1 saturated heterocycles. The minimum atomic E-state index is -0.300. The van der Waals surface area contributed by atoms with Crippen LogP contribution in [-0.2, 0) is 11.2 Å². The van der Waals surface area contributed by atoms with Gasteiger partial charge in [0.1, 0.15) is 0 Å². The second-order valence-electron chi connectivity index (χ2n) is 5.85. The lowest BCUT2D eigenvalue weighted by molar-refractivity contribution is -0.134. The molecule has 4 heteroatoms. The summed E-state index contributed by atoms with van der Waals surface area (Å²) in [7, 11) is 0. The number of piperidine rings is 1. The van der Waals surface area contributed by atoms with Crippen LogP contribution in [0.3, 0.4) is 0 Å². The average molecular weight is 311 g/mol. The van der Waals surface area contributed by atoms with Crippen molar-refractivity contribution < 1.29 is 4.79 Å². The van der Waals surface area contributed by atoms with Crippen LogP contribution in [0.25, 0.3) is 0 Å². The molecule has 21 heavy (non-hydrogen) atoms. The predicted molar refractivity (Wildman–Crippen MR) is 89.6 cm³/mol. The zero-order valence-corrected chi connectivity index (χ0v) is 13.6. The van der Waals surface area contributed by atoms with Crippen LogP contribution < -0.4 is 5.73 Å². The Morgan fingerprint density at radius 3 is 2.48 bits per heavy atom. The van der Waals surface area contributed by atoms with Crippen molar-refractivity contribution in [3.05, 3.63) is 35.9 Å². The quantitative estimate of drug-likeness (QED) is 0.908. The summed E-state index contributed by atoms with van der Waals surface area (Å²) in [5, 5.41) is 0. The van der Waals surface area contributed by atoms with E-state index >= 15 is 0 Å². The van der Waals surface area contributed by atoms with Gasteiger partial charge in [-0.1, -0.05) is 43.7 Å². The lowest BCUT2D eigenvalue weighted by atomic mass is 9.90. The predicted octanol–water partition coefficient (Wildman–Crippen LogP) is 3.02. The molecule has 0 bridgehead atoms. The van der Waals surface area contributed by atoms with Crippen molar-refractivity contribution in [2.24, 2.45) is 11.7 Å². The third kappa shape index (κ3) is 5.33. The summed E-state index contributed by atoms with van der Waals surface area (Å²) >= 11 is 0. The van der Waals surface area contributed by atoms with Gasteiger partial charge in [-0.15, -0.1) is 12.4 Å². The van der Waals surface area contributed by atoms with Gasteiger partial charge in [-0.05, 0) is 37.2 Å². The Morgan fingerprint density at radius 1 is 1.29 bits per heavy atom. The largest absolute Gasteiger partial charge is 0.341 e. The molecule has 1 aromatic carbocycles. The monoisotopic (exact) mass is 310 g/mol. The summed E-state index contributed by atoms with van der Waals surface area (Å²) in [4.78, 5) is 14.1. The second-order valence-corrected chi connectivity index (χ2v) is 5.85. The maximum atomic E-state index is 12.2. The highest BCUT2D eigenvalue weighted by atomic mass is 35.5. The third-order valence-corrected chi connectivity index (χ3v) is 4.21. The molecule has 2 N–H and O–H groups in total. The molecule has 0 radical (unpaired) electrons. The molecule has 1 fully saturated rings. The third-order valence-electron chi connectivity index (χ3n) is 4.21. The number of nitrogens with two attached hydrogens (primary N) is 1. The Balaban J connectivity index is 0.00000220. The summed E-state index contributed by atoms with van der Waals surface area (Å²) in [5.74, 6) is 0.842. The van der Waals surface area contributed by atoms with Crippen molar-refractivity contribution in [3.8, 4) is 0 Å². The molecule has 1 atom stereocenters. The molecule has 1 heterocycles. The first-order valence-electron chi connectivity index (χ1n) is 7.79. The first-order valence-corrected chi connectivity index (χ1v) is 7.79. The fourth-order valence-corrected chi connectivity index (χ4v) is 2.97. The molecule has 1 aromatic rings. The molecule has 1 unspecified atom stereocenters. The van der Waals surface area contributed by atoms with E-state index in [0.29, 0.717) is 5.92 Å². The molecule has 1 amide bonds. The molecule has 0 aliphatic carbocycles. The van der Waals surface area contributed by atoms with Gasteiger partial charge < -0.3 is 10.6 Å². The Hall–Kier alpha value is -1.06. The molecule has 0 saturated carbocycles. The number of carbonyl (C=O) groups is 1. The van der Waals surface area contributed by atoms with Crippen molar-refractivity contribution in [2.75, 3.05) is 13.1 Å². The summed E-state index contributed by atoms with van der Waals surface area (Å²) in [6.07, 6.45) is 5.09. The van der Waals surface area contributed by atoms with Crippen molar-refractivity contribution >= 4 is 18.3 Å². The summed E-state index contributed by atoms with van der Waals surface area (Å²) in [6, 6.07) is 10.3. The van der Waals surface area contributed by atoms with Gasteiger partial charge >= 0.3 is 0 Å². The fraction of sp³-hybridized carbons (Fsp3) is 0.588. The van der Waals surface area contributed by atoms with Crippen molar-refractivity contribution in [1.82, 2.24) is 4.90 Å². The topological polar surface area (TPSA) is 46.3 Å².